The highest BCUT2D eigenvalue weighted by atomic mass is 16.3. The first-order chi connectivity index (χ1) is 28.3. The van der Waals surface area contributed by atoms with Crippen LogP contribution in [-0.2, 0) is 0 Å². The Kier molecular flexibility index (Phi) is 6.93. The SMILES string of the molecule is c1ccc(-n2c3ccccc3c3ccc(N(c4ccc5oc6c7ccccc7ccc6c5c4)c4ccc(-c5ccc6ccccc6c5)c5ccccc45)cc32)cc1. The minimum atomic E-state index is 0.876. The van der Waals surface area contributed by atoms with Crippen molar-refractivity contribution in [3.8, 4) is 16.8 Å². The van der Waals surface area contributed by atoms with E-state index in [9.17, 15) is 0 Å². The highest BCUT2D eigenvalue weighted by Crippen LogP contribution is 2.46. The maximum absolute atomic E-state index is 6.61. The number of para-hydroxylation sites is 2. The predicted molar refractivity (Wildman–Crippen MR) is 241 cm³/mol. The maximum atomic E-state index is 6.61. The van der Waals surface area contributed by atoms with Gasteiger partial charge in [-0.2, -0.15) is 0 Å². The fourth-order valence-electron chi connectivity index (χ4n) is 9.10. The predicted octanol–water partition coefficient (Wildman–Crippen LogP) is 15.3. The molecule has 0 atom stereocenters. The van der Waals surface area contributed by atoms with Gasteiger partial charge in [0.15, 0.2) is 0 Å². The number of fused-ring (bicyclic) bond motifs is 10. The Hall–Kier alpha value is -7.62. The summed E-state index contributed by atoms with van der Waals surface area (Å²) in [4.78, 5) is 2.43. The average molecular weight is 727 g/mol. The van der Waals surface area contributed by atoms with Gasteiger partial charge in [0.2, 0.25) is 0 Å². The van der Waals surface area contributed by atoms with Crippen LogP contribution < -0.4 is 4.90 Å². The minimum absolute atomic E-state index is 0.876. The summed E-state index contributed by atoms with van der Waals surface area (Å²) in [6.45, 7) is 0. The third-order valence-electron chi connectivity index (χ3n) is 11.7. The van der Waals surface area contributed by atoms with Crippen molar-refractivity contribution in [1.82, 2.24) is 4.57 Å². The van der Waals surface area contributed by atoms with E-state index in [1.807, 2.05) is 0 Å². The molecule has 12 rings (SSSR count). The van der Waals surface area contributed by atoms with Crippen molar-refractivity contribution < 1.29 is 4.42 Å². The van der Waals surface area contributed by atoms with Crippen molar-refractivity contribution in [3.63, 3.8) is 0 Å². The first-order valence-electron chi connectivity index (χ1n) is 19.5. The van der Waals surface area contributed by atoms with Crippen molar-refractivity contribution in [2.45, 2.75) is 0 Å². The summed E-state index contributed by atoms with van der Waals surface area (Å²) < 4.78 is 9.01. The van der Waals surface area contributed by atoms with E-state index in [0.717, 1.165) is 55.6 Å². The molecule has 0 bridgehead atoms. The van der Waals surface area contributed by atoms with Crippen LogP contribution in [0.25, 0.3) is 92.9 Å². The number of furan rings is 1. The second-order valence-corrected chi connectivity index (χ2v) is 14.9. The molecule has 12 aromatic rings. The normalized spacial score (nSPS) is 11.9. The van der Waals surface area contributed by atoms with E-state index in [2.05, 4.69) is 216 Å². The van der Waals surface area contributed by atoms with E-state index in [-0.39, 0.29) is 0 Å². The first-order valence-corrected chi connectivity index (χ1v) is 19.5. The molecule has 57 heavy (non-hydrogen) atoms. The molecular weight excluding hydrogens is 693 g/mol. The molecule has 3 heteroatoms. The molecule has 0 saturated carbocycles. The third-order valence-corrected chi connectivity index (χ3v) is 11.7. The average Bonchev–Trinajstić information content (AvgIpc) is 3.82. The molecule has 0 fully saturated rings. The van der Waals surface area contributed by atoms with Gasteiger partial charge in [-0.25, -0.2) is 0 Å². The second kappa shape index (κ2) is 12.5. The molecule has 2 heterocycles. The fourth-order valence-corrected chi connectivity index (χ4v) is 9.10. The number of rotatable bonds is 5. The molecule has 2 aromatic heterocycles. The molecule has 0 amide bonds. The Morgan fingerprint density at radius 3 is 1.89 bits per heavy atom. The van der Waals surface area contributed by atoms with Gasteiger partial charge < -0.3 is 13.9 Å². The molecule has 0 N–H and O–H groups in total. The molecule has 3 nitrogen and oxygen atoms in total. The van der Waals surface area contributed by atoms with Crippen LogP contribution in [0.3, 0.4) is 0 Å². The zero-order valence-electron chi connectivity index (χ0n) is 30.9. The van der Waals surface area contributed by atoms with E-state index in [1.165, 1.54) is 54.3 Å². The number of hydrogen-bond acceptors (Lipinski definition) is 2. The van der Waals surface area contributed by atoms with Crippen LogP contribution in [0.5, 0.6) is 0 Å². The minimum Gasteiger partial charge on any atom is -0.455 e. The summed E-state index contributed by atoms with van der Waals surface area (Å²) in [6, 6.07) is 74.7. The van der Waals surface area contributed by atoms with Gasteiger partial charge in [0, 0.05) is 49.4 Å². The van der Waals surface area contributed by atoms with Gasteiger partial charge in [0.05, 0.1) is 16.7 Å². The van der Waals surface area contributed by atoms with Gasteiger partial charge in [-0.3, -0.25) is 0 Å². The van der Waals surface area contributed by atoms with E-state index in [0.29, 0.717) is 0 Å². The summed E-state index contributed by atoms with van der Waals surface area (Å²) in [5, 5.41) is 11.8. The summed E-state index contributed by atoms with van der Waals surface area (Å²) in [5.74, 6) is 0. The quantitative estimate of drug-likeness (QED) is 0.176. The standard InChI is InChI=1S/C54H34N2O/c1-2-15-39(16-3-1)56-50-21-11-10-20-46(50)47-28-25-41(34-52(47)56)55(40-26-31-53-49(33-40)48-27-24-36-13-6-7-17-43(36)54(48)57-53)51-30-29-42(44-18-8-9-19-45(44)51)38-23-22-35-12-4-5-14-37(35)32-38/h1-34H. The van der Waals surface area contributed by atoms with Gasteiger partial charge in [0.25, 0.3) is 0 Å². The highest BCUT2D eigenvalue weighted by molar-refractivity contribution is 6.16. The lowest BCUT2D eigenvalue weighted by atomic mass is 9.94. The van der Waals surface area contributed by atoms with E-state index < -0.39 is 0 Å². The number of anilines is 3. The van der Waals surface area contributed by atoms with Gasteiger partial charge in [0.1, 0.15) is 11.2 Å². The Labute approximate surface area is 328 Å². The maximum Gasteiger partial charge on any atom is 0.143 e. The number of hydrogen-bond donors (Lipinski definition) is 0. The van der Waals surface area contributed by atoms with Crippen LogP contribution in [0.1, 0.15) is 0 Å². The molecule has 0 unspecified atom stereocenters. The highest BCUT2D eigenvalue weighted by Gasteiger charge is 2.22. The van der Waals surface area contributed by atoms with Crippen LogP contribution in [0.15, 0.2) is 211 Å². The van der Waals surface area contributed by atoms with Crippen LogP contribution in [0, 0.1) is 0 Å². The van der Waals surface area contributed by atoms with E-state index in [1.54, 1.807) is 0 Å². The second-order valence-electron chi connectivity index (χ2n) is 14.9. The number of benzene rings is 10. The first kappa shape index (κ1) is 31.7. The van der Waals surface area contributed by atoms with Crippen molar-refractivity contribution in [2.24, 2.45) is 0 Å². The Morgan fingerprint density at radius 2 is 1.02 bits per heavy atom. The third kappa shape index (κ3) is 4.92. The molecule has 0 spiro atoms. The van der Waals surface area contributed by atoms with Crippen LogP contribution in [0.2, 0.25) is 0 Å². The van der Waals surface area contributed by atoms with Crippen molar-refractivity contribution in [1.29, 1.82) is 0 Å². The lowest BCUT2D eigenvalue weighted by molar-refractivity contribution is 0.672. The van der Waals surface area contributed by atoms with Gasteiger partial charge in [-0.1, -0.05) is 140 Å². The van der Waals surface area contributed by atoms with Crippen LogP contribution >= 0.6 is 0 Å². The van der Waals surface area contributed by atoms with Gasteiger partial charge in [-0.15, -0.1) is 0 Å². The summed E-state index contributed by atoms with van der Waals surface area (Å²) in [6.07, 6.45) is 0. The smallest absolute Gasteiger partial charge is 0.143 e. The Bertz CT molecular complexity index is 3540. The molecule has 266 valence electrons. The van der Waals surface area contributed by atoms with Crippen LogP contribution in [-0.4, -0.2) is 4.57 Å². The van der Waals surface area contributed by atoms with E-state index >= 15 is 0 Å². The summed E-state index contributed by atoms with van der Waals surface area (Å²) >= 11 is 0. The molecule has 0 saturated heterocycles. The molecule has 0 aliphatic carbocycles. The lowest BCUT2D eigenvalue weighted by Crippen LogP contribution is -2.11. The molecule has 10 aromatic carbocycles. The summed E-state index contributed by atoms with van der Waals surface area (Å²) in [7, 11) is 0. The monoisotopic (exact) mass is 726 g/mol. The lowest BCUT2D eigenvalue weighted by Gasteiger charge is -2.28. The van der Waals surface area contributed by atoms with Crippen molar-refractivity contribution >= 4 is 93.1 Å². The van der Waals surface area contributed by atoms with Crippen molar-refractivity contribution in [3.05, 3.63) is 206 Å². The molecule has 0 radical (unpaired) electrons. The Morgan fingerprint density at radius 1 is 0.368 bits per heavy atom. The topological polar surface area (TPSA) is 21.3 Å². The molecule has 0 aliphatic rings. The molecule has 0 aliphatic heterocycles. The van der Waals surface area contributed by atoms with Crippen molar-refractivity contribution in [2.75, 3.05) is 4.90 Å². The fraction of sp³-hybridized carbons (Fsp3) is 0. The zero-order chi connectivity index (χ0) is 37.5. The summed E-state index contributed by atoms with van der Waals surface area (Å²) in [5.41, 5.74) is 10.9. The number of nitrogens with zero attached hydrogens (tertiary/aromatic N) is 2. The van der Waals surface area contributed by atoms with Gasteiger partial charge in [-0.05, 0) is 99.4 Å². The molecular formula is C54H34N2O. The van der Waals surface area contributed by atoms with Gasteiger partial charge >= 0.3 is 0 Å². The zero-order valence-corrected chi connectivity index (χ0v) is 30.9. The van der Waals surface area contributed by atoms with Crippen LogP contribution in [0.4, 0.5) is 17.1 Å². The Balaban J connectivity index is 1.13. The largest absolute Gasteiger partial charge is 0.455 e. The van der Waals surface area contributed by atoms with E-state index in [4.69, 9.17) is 4.42 Å². The number of aromatic nitrogens is 1.